The lowest BCUT2D eigenvalue weighted by atomic mass is 9.74. The van der Waals surface area contributed by atoms with Crippen LogP contribution in [0.5, 0.6) is 0 Å². The van der Waals surface area contributed by atoms with Crippen LogP contribution < -0.4 is 0 Å². The molecule has 1 amide bonds. The van der Waals surface area contributed by atoms with Crippen LogP contribution in [0.15, 0.2) is 66.0 Å². The Morgan fingerprint density at radius 3 is 2.52 bits per heavy atom. The molecule has 0 spiro atoms. The first kappa shape index (κ1) is 18.6. The molecular weight excluding hydrogens is 400 g/mol. The minimum atomic E-state index is -0.608. The number of thiophene rings is 1. The van der Waals surface area contributed by atoms with Gasteiger partial charge in [0, 0.05) is 16.3 Å². The first-order valence-corrected chi connectivity index (χ1v) is 11.1. The Hall–Kier alpha value is -2.43. The Bertz CT molecular complexity index is 1090. The van der Waals surface area contributed by atoms with Crippen LogP contribution in [0.4, 0.5) is 0 Å². The summed E-state index contributed by atoms with van der Waals surface area (Å²) < 4.78 is 0. The highest BCUT2D eigenvalue weighted by atomic mass is 35.5. The largest absolute Gasteiger partial charge is 0.295 e. The number of carbonyl (C=O) groups excluding carboxylic acids is 1. The summed E-state index contributed by atoms with van der Waals surface area (Å²) in [6.07, 6.45) is 2.58. The van der Waals surface area contributed by atoms with Gasteiger partial charge in [-0.25, -0.2) is 0 Å². The van der Waals surface area contributed by atoms with Crippen molar-refractivity contribution in [3.05, 3.63) is 81.5 Å². The van der Waals surface area contributed by atoms with Gasteiger partial charge in [0.15, 0.2) is 0 Å². The summed E-state index contributed by atoms with van der Waals surface area (Å²) >= 11 is 7.82. The van der Waals surface area contributed by atoms with E-state index < -0.39 is 5.41 Å². The molecule has 2 fully saturated rings. The zero-order valence-corrected chi connectivity index (χ0v) is 17.5. The quantitative estimate of drug-likeness (QED) is 0.530. The number of benzene rings is 2. The van der Waals surface area contributed by atoms with Crippen LogP contribution in [-0.4, -0.2) is 16.6 Å². The molecule has 146 valence electrons. The topological polar surface area (TPSA) is 44.2 Å². The summed E-state index contributed by atoms with van der Waals surface area (Å²) in [7, 11) is 0. The van der Waals surface area contributed by atoms with Crippen LogP contribution in [0, 0.1) is 11.3 Å². The number of hydrogen-bond acceptors (Lipinski definition) is 3. The van der Waals surface area contributed by atoms with E-state index in [9.17, 15) is 4.79 Å². The molecule has 1 unspecified atom stereocenters. The van der Waals surface area contributed by atoms with E-state index in [1.165, 1.54) is 0 Å². The Kier molecular flexibility index (Phi) is 4.56. The minimum Gasteiger partial charge on any atom is -0.295 e. The molecule has 1 aromatic heterocycles. The van der Waals surface area contributed by atoms with Crippen LogP contribution in [-0.2, 0) is 16.8 Å². The van der Waals surface area contributed by atoms with Crippen molar-refractivity contribution in [3.63, 3.8) is 0 Å². The van der Waals surface area contributed by atoms with E-state index in [1.807, 2.05) is 47.8 Å². The fraction of sp³-hybridized carbons (Fsp3) is 0.250. The van der Waals surface area contributed by atoms with Gasteiger partial charge in [-0.1, -0.05) is 54.1 Å². The SMILES string of the molecule is N=C1CC(c2cccc(-c3cccc(Cl)c3)c2)(C2CC2)C(=O)N1Cc1cccs1. The number of hydrogen-bond donors (Lipinski definition) is 1. The number of rotatable bonds is 5. The maximum Gasteiger partial charge on any atom is 0.239 e. The molecule has 3 aromatic rings. The molecule has 1 aliphatic heterocycles. The highest BCUT2D eigenvalue weighted by Gasteiger charge is 2.58. The van der Waals surface area contributed by atoms with E-state index >= 15 is 0 Å². The third-order valence-corrected chi connectivity index (χ3v) is 7.20. The maximum atomic E-state index is 13.7. The predicted octanol–water partition coefficient (Wildman–Crippen LogP) is 6.13. The van der Waals surface area contributed by atoms with Gasteiger partial charge in [0.1, 0.15) is 5.84 Å². The van der Waals surface area contributed by atoms with Gasteiger partial charge in [-0.3, -0.25) is 15.1 Å². The fourth-order valence-electron chi connectivity index (χ4n) is 4.52. The number of nitrogens with one attached hydrogen (secondary N) is 1. The molecule has 2 heterocycles. The number of nitrogens with zero attached hydrogens (tertiary/aromatic N) is 1. The van der Waals surface area contributed by atoms with E-state index in [-0.39, 0.29) is 5.91 Å². The van der Waals surface area contributed by atoms with Gasteiger partial charge < -0.3 is 0 Å². The van der Waals surface area contributed by atoms with E-state index in [0.29, 0.717) is 29.7 Å². The highest BCUT2D eigenvalue weighted by molar-refractivity contribution is 7.09. The molecular formula is C24H21ClN2OS. The summed E-state index contributed by atoms with van der Waals surface area (Å²) in [5.74, 6) is 0.836. The van der Waals surface area contributed by atoms with Crippen molar-refractivity contribution in [2.75, 3.05) is 0 Å². The van der Waals surface area contributed by atoms with Gasteiger partial charge in [-0.2, -0.15) is 0 Å². The maximum absolute atomic E-state index is 13.7. The zero-order valence-electron chi connectivity index (χ0n) is 15.9. The molecule has 1 atom stereocenters. The summed E-state index contributed by atoms with van der Waals surface area (Å²) in [6.45, 7) is 0.498. The number of carbonyl (C=O) groups is 1. The molecule has 0 radical (unpaired) electrons. The second kappa shape index (κ2) is 7.12. The van der Waals surface area contributed by atoms with Crippen molar-refractivity contribution in [1.82, 2.24) is 4.90 Å². The Morgan fingerprint density at radius 2 is 1.83 bits per heavy atom. The van der Waals surface area contributed by atoms with Crippen LogP contribution in [0.2, 0.25) is 5.02 Å². The average molecular weight is 421 g/mol. The number of likely N-dealkylation sites (tertiary alicyclic amines) is 1. The van der Waals surface area contributed by atoms with Gasteiger partial charge in [0.25, 0.3) is 0 Å². The van der Waals surface area contributed by atoms with Gasteiger partial charge in [-0.05, 0) is 59.0 Å². The van der Waals surface area contributed by atoms with Crippen molar-refractivity contribution >= 4 is 34.7 Å². The molecule has 2 aliphatic rings. The van der Waals surface area contributed by atoms with E-state index in [1.54, 1.807) is 16.2 Å². The van der Waals surface area contributed by atoms with Crippen LogP contribution in [0.1, 0.15) is 29.7 Å². The number of amides is 1. The molecule has 29 heavy (non-hydrogen) atoms. The monoisotopic (exact) mass is 420 g/mol. The third kappa shape index (κ3) is 3.21. The Morgan fingerprint density at radius 1 is 1.07 bits per heavy atom. The summed E-state index contributed by atoms with van der Waals surface area (Å²) in [5, 5.41) is 11.3. The Balaban J connectivity index is 1.55. The lowest BCUT2D eigenvalue weighted by molar-refractivity contribution is -0.132. The zero-order chi connectivity index (χ0) is 20.0. The average Bonchev–Trinajstić information content (AvgIpc) is 3.39. The van der Waals surface area contributed by atoms with Crippen molar-refractivity contribution in [2.45, 2.75) is 31.2 Å². The van der Waals surface area contributed by atoms with Crippen LogP contribution in [0.25, 0.3) is 11.1 Å². The van der Waals surface area contributed by atoms with Gasteiger partial charge in [0.2, 0.25) is 5.91 Å². The van der Waals surface area contributed by atoms with Crippen molar-refractivity contribution in [3.8, 4) is 11.1 Å². The lowest BCUT2D eigenvalue weighted by Crippen LogP contribution is -2.39. The number of halogens is 1. The fourth-order valence-corrected chi connectivity index (χ4v) is 5.41. The predicted molar refractivity (Wildman–Crippen MR) is 119 cm³/mol. The molecule has 3 nitrogen and oxygen atoms in total. The van der Waals surface area contributed by atoms with Gasteiger partial charge in [-0.15, -0.1) is 11.3 Å². The van der Waals surface area contributed by atoms with Crippen molar-refractivity contribution in [2.24, 2.45) is 5.92 Å². The van der Waals surface area contributed by atoms with Crippen LogP contribution >= 0.6 is 22.9 Å². The molecule has 5 heteroatoms. The lowest BCUT2D eigenvalue weighted by Gasteiger charge is -2.28. The van der Waals surface area contributed by atoms with E-state index in [4.69, 9.17) is 17.0 Å². The minimum absolute atomic E-state index is 0.0849. The summed E-state index contributed by atoms with van der Waals surface area (Å²) in [4.78, 5) is 16.5. The standard InChI is InChI=1S/C24H21ClN2OS/c25-20-7-2-5-17(13-20)16-4-1-6-19(12-16)24(18-9-10-18)14-22(26)27(23(24)28)15-21-8-3-11-29-21/h1-8,11-13,18,26H,9-10,14-15H2. The van der Waals surface area contributed by atoms with Crippen molar-refractivity contribution < 1.29 is 4.79 Å². The molecule has 1 saturated heterocycles. The molecule has 1 aliphatic carbocycles. The molecule has 1 saturated carbocycles. The van der Waals surface area contributed by atoms with Gasteiger partial charge in [0.05, 0.1) is 12.0 Å². The normalized spacial score (nSPS) is 21.8. The van der Waals surface area contributed by atoms with Crippen LogP contribution in [0.3, 0.4) is 0 Å². The molecule has 5 rings (SSSR count). The highest BCUT2D eigenvalue weighted by Crippen LogP contribution is 2.54. The molecule has 2 aromatic carbocycles. The van der Waals surface area contributed by atoms with E-state index in [2.05, 4.69) is 18.2 Å². The second-order valence-electron chi connectivity index (χ2n) is 7.93. The molecule has 1 N–H and O–H groups in total. The first-order valence-electron chi connectivity index (χ1n) is 9.86. The second-order valence-corrected chi connectivity index (χ2v) is 9.40. The summed E-state index contributed by atoms with van der Waals surface area (Å²) in [6, 6.07) is 20.1. The van der Waals surface area contributed by atoms with Gasteiger partial charge >= 0.3 is 0 Å². The first-order chi connectivity index (χ1) is 14.1. The summed E-state index contributed by atoms with van der Waals surface area (Å²) in [5.41, 5.74) is 2.52. The Labute approximate surface area is 179 Å². The van der Waals surface area contributed by atoms with E-state index in [0.717, 1.165) is 34.4 Å². The molecule has 0 bridgehead atoms. The van der Waals surface area contributed by atoms with Crippen molar-refractivity contribution in [1.29, 1.82) is 5.41 Å². The smallest absolute Gasteiger partial charge is 0.239 e. The number of amidine groups is 1. The third-order valence-electron chi connectivity index (χ3n) is 6.10.